The van der Waals surface area contributed by atoms with Crippen LogP contribution in [0.2, 0.25) is 0 Å². The molecule has 5 heteroatoms. The van der Waals surface area contributed by atoms with Crippen LogP contribution >= 0.6 is 11.8 Å². The van der Waals surface area contributed by atoms with Gasteiger partial charge in [0, 0.05) is 24.2 Å². The number of thioether (sulfide) groups is 1. The number of nitrogens with zero attached hydrogens (tertiary/aromatic N) is 1. The largest absolute Gasteiger partial charge is 0.391 e. The molecule has 1 saturated carbocycles. The van der Waals surface area contributed by atoms with E-state index in [4.69, 9.17) is 0 Å². The molecular weight excluding hydrogens is 284 g/mol. The van der Waals surface area contributed by atoms with Crippen molar-refractivity contribution in [2.45, 2.75) is 36.3 Å². The molecule has 1 aliphatic heterocycles. The molecule has 3 rings (SSSR count). The van der Waals surface area contributed by atoms with Gasteiger partial charge in [-0.25, -0.2) is 4.79 Å². The van der Waals surface area contributed by atoms with Gasteiger partial charge >= 0.3 is 6.03 Å². The number of aliphatic hydroxyl groups is 1. The lowest BCUT2D eigenvalue weighted by molar-refractivity contribution is 0.112. The molecule has 0 aromatic heterocycles. The predicted octanol–water partition coefficient (Wildman–Crippen LogP) is 2.64. The minimum atomic E-state index is -0.380. The van der Waals surface area contributed by atoms with Crippen molar-refractivity contribution < 1.29 is 9.90 Å². The Bertz CT molecular complexity index is 519. The van der Waals surface area contributed by atoms with E-state index in [0.29, 0.717) is 12.5 Å². The molecular formula is C16H22N2O2S. The van der Waals surface area contributed by atoms with Gasteiger partial charge in [0.05, 0.1) is 12.1 Å². The van der Waals surface area contributed by atoms with Gasteiger partial charge in [0.2, 0.25) is 0 Å². The molecule has 2 atom stereocenters. The van der Waals surface area contributed by atoms with Gasteiger partial charge in [0.25, 0.3) is 0 Å². The normalized spacial score (nSPS) is 22.3. The third kappa shape index (κ3) is 3.52. The highest BCUT2D eigenvalue weighted by molar-refractivity contribution is 7.99. The molecule has 0 radical (unpaired) electrons. The lowest BCUT2D eigenvalue weighted by atomic mass is 10.0. The monoisotopic (exact) mass is 306 g/mol. The first-order valence-electron chi connectivity index (χ1n) is 7.56. The van der Waals surface area contributed by atoms with E-state index in [0.717, 1.165) is 25.0 Å². The SMILES string of the molecule is CN(CC(O)C1CC1)C(=O)NC1CCSc2ccccc21. The average Bonchev–Trinajstić information content (AvgIpc) is 3.32. The topological polar surface area (TPSA) is 52.6 Å². The van der Waals surface area contributed by atoms with E-state index >= 15 is 0 Å². The number of hydrogen-bond donors (Lipinski definition) is 2. The number of amides is 2. The number of carbonyl (C=O) groups excluding carboxylic acids is 1. The number of urea groups is 1. The van der Waals surface area contributed by atoms with E-state index in [2.05, 4.69) is 17.4 Å². The minimum Gasteiger partial charge on any atom is -0.391 e. The van der Waals surface area contributed by atoms with Crippen LogP contribution in [0.3, 0.4) is 0 Å². The summed E-state index contributed by atoms with van der Waals surface area (Å²) >= 11 is 1.85. The number of carbonyl (C=O) groups is 1. The van der Waals surface area contributed by atoms with E-state index < -0.39 is 0 Å². The third-order valence-electron chi connectivity index (χ3n) is 4.23. The van der Waals surface area contributed by atoms with Crippen molar-refractivity contribution in [2.75, 3.05) is 19.3 Å². The summed E-state index contributed by atoms with van der Waals surface area (Å²) < 4.78 is 0. The molecule has 0 spiro atoms. The quantitative estimate of drug-likeness (QED) is 0.899. The summed E-state index contributed by atoms with van der Waals surface area (Å²) in [6.45, 7) is 0.416. The van der Waals surface area contributed by atoms with Crippen molar-refractivity contribution >= 4 is 17.8 Å². The second-order valence-corrected chi connectivity index (χ2v) is 7.10. The fourth-order valence-corrected chi connectivity index (χ4v) is 3.87. The molecule has 1 fully saturated rings. The second kappa shape index (κ2) is 6.28. The van der Waals surface area contributed by atoms with Crippen molar-refractivity contribution in [3.63, 3.8) is 0 Å². The number of rotatable bonds is 4. The molecule has 2 aliphatic rings. The second-order valence-electron chi connectivity index (χ2n) is 5.96. The van der Waals surface area contributed by atoms with Crippen LogP contribution in [0.4, 0.5) is 4.79 Å². The van der Waals surface area contributed by atoms with Gasteiger partial charge in [-0.3, -0.25) is 0 Å². The Morgan fingerprint density at radius 1 is 1.43 bits per heavy atom. The molecule has 114 valence electrons. The molecule has 1 aromatic rings. The van der Waals surface area contributed by atoms with Crippen LogP contribution in [0.15, 0.2) is 29.2 Å². The maximum atomic E-state index is 12.3. The average molecular weight is 306 g/mol. The van der Waals surface area contributed by atoms with Gasteiger partial charge in [-0.1, -0.05) is 18.2 Å². The molecule has 2 amide bonds. The molecule has 2 N–H and O–H groups in total. The molecule has 2 unspecified atom stereocenters. The van der Waals surface area contributed by atoms with Gasteiger partial charge < -0.3 is 15.3 Å². The smallest absolute Gasteiger partial charge is 0.317 e. The van der Waals surface area contributed by atoms with Gasteiger partial charge in [-0.05, 0) is 36.8 Å². The molecule has 0 saturated heterocycles. The summed E-state index contributed by atoms with van der Waals surface area (Å²) in [5, 5.41) is 13.0. The summed E-state index contributed by atoms with van der Waals surface area (Å²) in [6.07, 6.45) is 2.75. The van der Waals surface area contributed by atoms with Crippen LogP contribution in [0, 0.1) is 5.92 Å². The fraction of sp³-hybridized carbons (Fsp3) is 0.562. The lowest BCUT2D eigenvalue weighted by Crippen LogP contribution is -2.43. The zero-order valence-corrected chi connectivity index (χ0v) is 13.1. The molecule has 21 heavy (non-hydrogen) atoms. The maximum Gasteiger partial charge on any atom is 0.317 e. The molecule has 1 aromatic carbocycles. The fourth-order valence-electron chi connectivity index (χ4n) is 2.74. The van der Waals surface area contributed by atoms with Crippen LogP contribution in [0.5, 0.6) is 0 Å². The van der Waals surface area contributed by atoms with E-state index in [1.807, 2.05) is 23.9 Å². The number of nitrogens with one attached hydrogen (secondary N) is 1. The summed E-state index contributed by atoms with van der Waals surface area (Å²) in [7, 11) is 1.75. The third-order valence-corrected chi connectivity index (χ3v) is 5.35. The zero-order chi connectivity index (χ0) is 14.8. The molecule has 0 bridgehead atoms. The number of likely N-dealkylation sites (N-methyl/N-ethyl adjacent to an activating group) is 1. The van der Waals surface area contributed by atoms with Crippen molar-refractivity contribution in [1.29, 1.82) is 0 Å². The Labute approximate surface area is 129 Å². The van der Waals surface area contributed by atoms with E-state index in [1.54, 1.807) is 11.9 Å². The summed E-state index contributed by atoms with van der Waals surface area (Å²) in [5.74, 6) is 1.42. The van der Waals surface area contributed by atoms with Crippen molar-refractivity contribution in [2.24, 2.45) is 5.92 Å². The Morgan fingerprint density at radius 2 is 2.19 bits per heavy atom. The standard InChI is InChI=1S/C16H22N2O2S/c1-18(10-14(19)11-6-7-11)16(20)17-13-8-9-21-15-5-3-2-4-12(13)15/h2-5,11,13-14,19H,6-10H2,1H3,(H,17,20). The highest BCUT2D eigenvalue weighted by atomic mass is 32.2. The Morgan fingerprint density at radius 3 is 2.95 bits per heavy atom. The zero-order valence-electron chi connectivity index (χ0n) is 12.3. The van der Waals surface area contributed by atoms with Gasteiger partial charge in [-0.2, -0.15) is 0 Å². The van der Waals surface area contributed by atoms with Crippen LogP contribution < -0.4 is 5.32 Å². The number of aliphatic hydroxyl groups excluding tert-OH is 1. The van der Waals surface area contributed by atoms with E-state index in [1.165, 1.54) is 10.5 Å². The Hall–Kier alpha value is -1.20. The highest BCUT2D eigenvalue weighted by Crippen LogP contribution is 2.36. The summed E-state index contributed by atoms with van der Waals surface area (Å²) in [6, 6.07) is 8.24. The van der Waals surface area contributed by atoms with Crippen LogP contribution in [-0.2, 0) is 0 Å². The van der Waals surface area contributed by atoms with E-state index in [-0.39, 0.29) is 18.2 Å². The van der Waals surface area contributed by atoms with Crippen molar-refractivity contribution in [3.8, 4) is 0 Å². The number of benzene rings is 1. The molecule has 1 aliphatic carbocycles. The predicted molar refractivity (Wildman–Crippen MR) is 84.4 cm³/mol. The Kier molecular flexibility index (Phi) is 4.40. The summed E-state index contributed by atoms with van der Waals surface area (Å²) in [5.41, 5.74) is 1.21. The summed E-state index contributed by atoms with van der Waals surface area (Å²) in [4.78, 5) is 15.2. The van der Waals surface area contributed by atoms with Gasteiger partial charge in [0.1, 0.15) is 0 Å². The van der Waals surface area contributed by atoms with Gasteiger partial charge in [0.15, 0.2) is 0 Å². The maximum absolute atomic E-state index is 12.3. The minimum absolute atomic E-state index is 0.0791. The number of hydrogen-bond acceptors (Lipinski definition) is 3. The Balaban J connectivity index is 1.59. The molecule has 4 nitrogen and oxygen atoms in total. The van der Waals surface area contributed by atoms with Crippen LogP contribution in [0.25, 0.3) is 0 Å². The van der Waals surface area contributed by atoms with Crippen molar-refractivity contribution in [3.05, 3.63) is 29.8 Å². The highest BCUT2D eigenvalue weighted by Gasteiger charge is 2.31. The first-order valence-corrected chi connectivity index (χ1v) is 8.55. The van der Waals surface area contributed by atoms with E-state index in [9.17, 15) is 9.90 Å². The number of fused-ring (bicyclic) bond motifs is 1. The van der Waals surface area contributed by atoms with Gasteiger partial charge in [-0.15, -0.1) is 11.8 Å². The van der Waals surface area contributed by atoms with Crippen molar-refractivity contribution in [1.82, 2.24) is 10.2 Å². The lowest BCUT2D eigenvalue weighted by Gasteiger charge is -2.29. The van der Waals surface area contributed by atoms with Crippen LogP contribution in [-0.4, -0.2) is 41.5 Å². The molecule has 1 heterocycles. The first kappa shape index (κ1) is 14.7. The van der Waals surface area contributed by atoms with Crippen LogP contribution in [0.1, 0.15) is 30.9 Å². The first-order chi connectivity index (χ1) is 10.1.